The summed E-state index contributed by atoms with van der Waals surface area (Å²) in [6, 6.07) is 6.74. The summed E-state index contributed by atoms with van der Waals surface area (Å²) < 4.78 is 56.6. The molecule has 9 nitrogen and oxygen atoms in total. The number of methoxy groups -OCH3 is 1. The molecule has 4 rings (SSSR count). The molecule has 0 saturated carbocycles. The highest BCUT2D eigenvalue weighted by molar-refractivity contribution is 7.92. The summed E-state index contributed by atoms with van der Waals surface area (Å²) in [6.07, 6.45) is 5.90. The minimum Gasteiger partial charge on any atom is -0.467 e. The van der Waals surface area contributed by atoms with E-state index in [1.807, 2.05) is 20.8 Å². The number of hydrogen-bond acceptors (Lipinski definition) is 7. The minimum absolute atomic E-state index is 0.00351. The quantitative estimate of drug-likeness (QED) is 0.419. The molecule has 0 aliphatic carbocycles. The van der Waals surface area contributed by atoms with Crippen LogP contribution in [0.3, 0.4) is 0 Å². The van der Waals surface area contributed by atoms with Gasteiger partial charge in [-0.3, -0.25) is 4.79 Å². The van der Waals surface area contributed by atoms with E-state index in [1.54, 1.807) is 31.6 Å². The van der Waals surface area contributed by atoms with Gasteiger partial charge in [-0.1, -0.05) is 19.9 Å². The number of halogens is 2. The molecule has 3 heterocycles. The van der Waals surface area contributed by atoms with Gasteiger partial charge in [0.25, 0.3) is 0 Å². The van der Waals surface area contributed by atoms with Crippen LogP contribution in [0.2, 0.25) is 0 Å². The second kappa shape index (κ2) is 12.5. The number of aromatic nitrogens is 4. The third-order valence-corrected chi connectivity index (χ3v) is 5.82. The van der Waals surface area contributed by atoms with E-state index < -0.39 is 38.0 Å². The third-order valence-electron chi connectivity index (χ3n) is 4.19. The Labute approximate surface area is 201 Å². The van der Waals surface area contributed by atoms with Crippen molar-refractivity contribution in [3.05, 3.63) is 72.3 Å². The van der Waals surface area contributed by atoms with Crippen molar-refractivity contribution in [2.24, 2.45) is 0 Å². The van der Waals surface area contributed by atoms with Gasteiger partial charge >= 0.3 is 6.01 Å². The first kappa shape index (κ1) is 27.3. The number of carbonyl (C=O) groups excluding carboxylic acids is 1. The highest BCUT2D eigenvalue weighted by Gasteiger charge is 2.25. The van der Waals surface area contributed by atoms with Crippen LogP contribution < -0.4 is 10.1 Å². The SMILES string of the molecule is CC.COc1ncc(C)cn1.O=C(CS(=O)(=O)c1c[nH]c2cc(F)cc(F)c12)Nc1ccccn1. The van der Waals surface area contributed by atoms with Crippen LogP contribution in [0.5, 0.6) is 6.01 Å². The Bertz CT molecular complexity index is 1360. The Kier molecular flexibility index (Phi) is 9.76. The molecule has 0 aliphatic rings. The molecule has 2 N–H and O–H groups in total. The molecule has 1 aromatic carbocycles. The lowest BCUT2D eigenvalue weighted by molar-refractivity contribution is -0.113. The van der Waals surface area contributed by atoms with Gasteiger partial charge in [0, 0.05) is 30.9 Å². The summed E-state index contributed by atoms with van der Waals surface area (Å²) in [6.45, 7) is 5.93. The summed E-state index contributed by atoms with van der Waals surface area (Å²) in [4.78, 5) is 25.6. The van der Waals surface area contributed by atoms with Crippen molar-refractivity contribution in [1.29, 1.82) is 0 Å². The molecule has 1 amide bonds. The van der Waals surface area contributed by atoms with Crippen molar-refractivity contribution in [3.63, 3.8) is 0 Å². The number of rotatable bonds is 5. The van der Waals surface area contributed by atoms with Crippen LogP contribution in [-0.2, 0) is 14.6 Å². The maximum absolute atomic E-state index is 13.9. The maximum atomic E-state index is 13.9. The zero-order valence-corrected chi connectivity index (χ0v) is 20.4. The molecule has 4 aromatic rings. The van der Waals surface area contributed by atoms with Gasteiger partial charge in [0.2, 0.25) is 5.91 Å². The fraction of sp³-hybridized carbons (Fsp3) is 0.217. The highest BCUT2D eigenvalue weighted by atomic mass is 32.2. The summed E-state index contributed by atoms with van der Waals surface area (Å²) in [5.41, 5.74) is 1.03. The summed E-state index contributed by atoms with van der Waals surface area (Å²) >= 11 is 0. The number of aryl methyl sites for hydroxylation is 1. The molecule has 186 valence electrons. The molecule has 0 radical (unpaired) electrons. The number of aromatic amines is 1. The topological polar surface area (TPSA) is 127 Å². The van der Waals surface area contributed by atoms with E-state index in [2.05, 4.69) is 25.3 Å². The summed E-state index contributed by atoms with van der Waals surface area (Å²) in [7, 11) is -2.59. The zero-order chi connectivity index (χ0) is 26.0. The fourth-order valence-corrected chi connectivity index (χ4v) is 4.08. The van der Waals surface area contributed by atoms with Crippen LogP contribution >= 0.6 is 0 Å². The van der Waals surface area contributed by atoms with Gasteiger partial charge < -0.3 is 15.0 Å². The normalized spacial score (nSPS) is 10.5. The van der Waals surface area contributed by atoms with Gasteiger partial charge in [0.15, 0.2) is 9.84 Å². The smallest absolute Gasteiger partial charge is 0.316 e. The molecule has 0 unspecified atom stereocenters. The maximum Gasteiger partial charge on any atom is 0.316 e. The Morgan fingerprint density at radius 2 is 1.80 bits per heavy atom. The van der Waals surface area contributed by atoms with Crippen molar-refractivity contribution in [1.82, 2.24) is 19.9 Å². The number of anilines is 1. The van der Waals surface area contributed by atoms with Gasteiger partial charge in [0.05, 0.1) is 22.9 Å². The van der Waals surface area contributed by atoms with Crippen molar-refractivity contribution >= 4 is 32.5 Å². The van der Waals surface area contributed by atoms with E-state index in [9.17, 15) is 22.0 Å². The van der Waals surface area contributed by atoms with Crippen molar-refractivity contribution in [2.45, 2.75) is 25.7 Å². The average molecular weight is 506 g/mol. The van der Waals surface area contributed by atoms with Crippen LogP contribution in [0.25, 0.3) is 10.9 Å². The van der Waals surface area contributed by atoms with Gasteiger partial charge in [-0.2, -0.15) is 0 Å². The number of amides is 1. The first-order valence-corrected chi connectivity index (χ1v) is 12.1. The third kappa shape index (κ3) is 7.54. The lowest BCUT2D eigenvalue weighted by atomic mass is 10.2. The largest absolute Gasteiger partial charge is 0.467 e. The van der Waals surface area contributed by atoms with Crippen LogP contribution in [0.4, 0.5) is 14.6 Å². The van der Waals surface area contributed by atoms with E-state index in [0.717, 1.165) is 17.8 Å². The van der Waals surface area contributed by atoms with Gasteiger partial charge in [-0.05, 0) is 30.7 Å². The molecule has 0 aliphatic heterocycles. The first-order chi connectivity index (χ1) is 16.7. The fourth-order valence-electron chi connectivity index (χ4n) is 2.75. The molecule has 35 heavy (non-hydrogen) atoms. The number of nitrogens with one attached hydrogen (secondary N) is 2. The summed E-state index contributed by atoms with van der Waals surface area (Å²) in [5, 5.41) is 2.06. The Morgan fingerprint density at radius 1 is 1.11 bits per heavy atom. The number of ether oxygens (including phenoxy) is 1. The predicted octanol–water partition coefficient (Wildman–Crippen LogP) is 4.07. The van der Waals surface area contributed by atoms with E-state index in [1.165, 1.54) is 12.3 Å². The Morgan fingerprint density at radius 3 is 2.40 bits per heavy atom. The molecule has 0 fully saturated rings. The Hall–Kier alpha value is -3.93. The van der Waals surface area contributed by atoms with Crippen LogP contribution in [0.15, 0.2) is 60.0 Å². The molecule has 12 heteroatoms. The molecule has 0 saturated heterocycles. The number of sulfone groups is 1. The van der Waals surface area contributed by atoms with Gasteiger partial charge in [0.1, 0.15) is 23.2 Å². The van der Waals surface area contributed by atoms with E-state index >= 15 is 0 Å². The number of fused-ring (bicyclic) bond motifs is 1. The molecular weight excluding hydrogens is 480 g/mol. The number of pyridine rings is 1. The van der Waals surface area contributed by atoms with Crippen molar-refractivity contribution in [3.8, 4) is 6.01 Å². The van der Waals surface area contributed by atoms with E-state index in [0.29, 0.717) is 12.1 Å². The second-order valence-corrected chi connectivity index (χ2v) is 8.69. The predicted molar refractivity (Wildman–Crippen MR) is 128 cm³/mol. The number of carbonyl (C=O) groups is 1. The van der Waals surface area contributed by atoms with Crippen LogP contribution in [0.1, 0.15) is 19.4 Å². The monoisotopic (exact) mass is 505 g/mol. The van der Waals surface area contributed by atoms with E-state index in [-0.39, 0.29) is 16.7 Å². The lowest BCUT2D eigenvalue weighted by Gasteiger charge is -2.05. The highest BCUT2D eigenvalue weighted by Crippen LogP contribution is 2.27. The number of nitrogens with zero attached hydrogens (tertiary/aromatic N) is 3. The number of H-pyrrole nitrogens is 1. The molecular formula is C23H25F2N5O4S. The molecule has 0 spiro atoms. The number of benzene rings is 1. The van der Waals surface area contributed by atoms with Crippen LogP contribution in [0, 0.1) is 18.6 Å². The van der Waals surface area contributed by atoms with E-state index in [4.69, 9.17) is 4.74 Å². The number of hydrogen-bond donors (Lipinski definition) is 2. The molecule has 0 atom stereocenters. The van der Waals surface area contributed by atoms with Gasteiger partial charge in [-0.15, -0.1) is 0 Å². The minimum atomic E-state index is -4.13. The Balaban J connectivity index is 0.000000329. The van der Waals surface area contributed by atoms with Crippen molar-refractivity contribution < 1.29 is 26.7 Å². The molecule has 3 aromatic heterocycles. The van der Waals surface area contributed by atoms with Crippen molar-refractivity contribution in [2.75, 3.05) is 18.2 Å². The second-order valence-electron chi connectivity index (χ2n) is 6.73. The summed E-state index contributed by atoms with van der Waals surface area (Å²) in [5.74, 6) is -3.36. The van der Waals surface area contributed by atoms with Crippen LogP contribution in [-0.4, -0.2) is 47.1 Å². The molecule has 0 bridgehead atoms. The first-order valence-electron chi connectivity index (χ1n) is 10.4. The lowest BCUT2D eigenvalue weighted by Crippen LogP contribution is -2.23. The standard InChI is InChI=1S/C15H11F2N3O3S.C6H8N2O.C2H6/c16-9-5-10(17)15-11(6-9)19-7-12(15)24(22,23)8-14(21)20-13-3-1-2-4-18-13;1-5-3-7-6(9-2)8-4-5;1-2/h1-7,19H,8H2,(H,18,20,21);3-4H,1-2H3;1-2H3. The average Bonchev–Trinajstić information content (AvgIpc) is 3.27. The zero-order valence-electron chi connectivity index (χ0n) is 19.5. The van der Waals surface area contributed by atoms with Gasteiger partial charge in [-0.25, -0.2) is 32.2 Å².